The van der Waals surface area contributed by atoms with Crippen molar-refractivity contribution in [2.24, 2.45) is 5.10 Å². The number of aromatic amines is 1. The van der Waals surface area contributed by atoms with Crippen molar-refractivity contribution >= 4 is 45.3 Å². The first-order valence-corrected chi connectivity index (χ1v) is 8.17. The molecule has 0 aliphatic carbocycles. The monoisotopic (exact) mass is 350 g/mol. The Morgan fingerprint density at radius 2 is 1.92 bits per heavy atom. The summed E-state index contributed by atoms with van der Waals surface area (Å²) >= 11 is 5.90. The van der Waals surface area contributed by atoms with Gasteiger partial charge in [0.05, 0.1) is 5.71 Å². The van der Waals surface area contributed by atoms with Crippen LogP contribution in [-0.2, 0) is 0 Å². The van der Waals surface area contributed by atoms with Gasteiger partial charge in [-0.1, -0.05) is 35.4 Å². The van der Waals surface area contributed by atoms with Gasteiger partial charge in [0.25, 0.3) is 5.95 Å². The molecule has 2 aromatic carbocycles. The maximum atomic E-state index is 5.90. The minimum Gasteiger partial charge on any atom is -0.338 e. The first kappa shape index (κ1) is 15.5. The summed E-state index contributed by atoms with van der Waals surface area (Å²) < 4.78 is 0. The Morgan fingerprint density at radius 3 is 2.72 bits per heavy atom. The Hall–Kier alpha value is -2.99. The van der Waals surface area contributed by atoms with E-state index in [1.807, 2.05) is 50.2 Å². The third-order valence-corrected chi connectivity index (χ3v) is 4.21. The average molecular weight is 351 g/mol. The molecule has 7 heteroatoms. The van der Waals surface area contributed by atoms with Crippen molar-refractivity contribution in [1.82, 2.24) is 20.2 Å². The number of anilines is 1. The highest BCUT2D eigenvalue weighted by atomic mass is 35.5. The molecule has 0 fully saturated rings. The van der Waals surface area contributed by atoms with Gasteiger partial charge in [-0.2, -0.15) is 10.1 Å². The molecule has 2 N–H and O–H groups in total. The first-order chi connectivity index (χ1) is 12.1. The largest absolute Gasteiger partial charge is 0.338 e. The number of hydrogen-bond acceptors (Lipinski definition) is 5. The van der Waals surface area contributed by atoms with Gasteiger partial charge in [0.1, 0.15) is 5.52 Å². The van der Waals surface area contributed by atoms with Crippen LogP contribution in [0, 0.1) is 6.92 Å². The van der Waals surface area contributed by atoms with Crippen molar-refractivity contribution in [3.63, 3.8) is 0 Å². The predicted molar refractivity (Wildman–Crippen MR) is 101 cm³/mol. The molecule has 0 radical (unpaired) electrons. The summed E-state index contributed by atoms with van der Waals surface area (Å²) in [4.78, 5) is 7.71. The molecule has 0 aliphatic rings. The topological polar surface area (TPSA) is 78.8 Å². The zero-order valence-corrected chi connectivity index (χ0v) is 14.5. The number of H-pyrrole nitrogens is 1. The molecule has 0 unspecified atom stereocenters. The van der Waals surface area contributed by atoms with E-state index < -0.39 is 0 Å². The molecule has 0 atom stereocenters. The van der Waals surface area contributed by atoms with E-state index in [0.717, 1.165) is 27.7 Å². The molecule has 0 spiro atoms. The number of aryl methyl sites for hydroxylation is 1. The third-order valence-electron chi connectivity index (χ3n) is 3.96. The Labute approximate surface area is 149 Å². The van der Waals surface area contributed by atoms with Crippen molar-refractivity contribution in [1.29, 1.82) is 0 Å². The van der Waals surface area contributed by atoms with Crippen molar-refractivity contribution < 1.29 is 0 Å². The summed E-state index contributed by atoms with van der Waals surface area (Å²) in [6.45, 7) is 3.94. The van der Waals surface area contributed by atoms with Crippen LogP contribution in [0.15, 0.2) is 47.6 Å². The van der Waals surface area contributed by atoms with Gasteiger partial charge in [-0.25, -0.2) is 5.43 Å². The van der Waals surface area contributed by atoms with E-state index in [1.54, 1.807) is 0 Å². The lowest BCUT2D eigenvalue weighted by molar-refractivity contribution is 1.01. The van der Waals surface area contributed by atoms with Gasteiger partial charge in [-0.05, 0) is 43.7 Å². The summed E-state index contributed by atoms with van der Waals surface area (Å²) in [6.07, 6.45) is 0. The Bertz CT molecular complexity index is 1100. The third kappa shape index (κ3) is 3.04. The van der Waals surface area contributed by atoms with Crippen LogP contribution in [0.4, 0.5) is 5.95 Å². The fourth-order valence-electron chi connectivity index (χ4n) is 2.62. The summed E-state index contributed by atoms with van der Waals surface area (Å²) in [6, 6.07) is 13.6. The molecule has 4 aromatic rings. The van der Waals surface area contributed by atoms with E-state index in [4.69, 9.17) is 11.6 Å². The van der Waals surface area contributed by atoms with Gasteiger partial charge in [0, 0.05) is 15.9 Å². The standard InChI is InChI=1S/C18H15ClN6/c1-10-3-8-15-14(9-10)16-17(20-15)21-18(25-23-16)24-22-11(2)12-4-6-13(19)7-5-12/h3-9H,1-2H3,(H2,20,21,24,25)/b22-11+. The van der Waals surface area contributed by atoms with Crippen LogP contribution in [0.25, 0.3) is 22.1 Å². The van der Waals surface area contributed by atoms with Crippen molar-refractivity contribution in [2.45, 2.75) is 13.8 Å². The first-order valence-electron chi connectivity index (χ1n) is 7.79. The number of hydrazone groups is 1. The molecular weight excluding hydrogens is 336 g/mol. The van der Waals surface area contributed by atoms with E-state index in [2.05, 4.69) is 36.8 Å². The number of rotatable bonds is 3. The Morgan fingerprint density at radius 1 is 1.12 bits per heavy atom. The van der Waals surface area contributed by atoms with E-state index in [-0.39, 0.29) is 0 Å². The normalized spacial score (nSPS) is 12.0. The summed E-state index contributed by atoms with van der Waals surface area (Å²) in [7, 11) is 0. The van der Waals surface area contributed by atoms with Crippen LogP contribution in [0.2, 0.25) is 5.02 Å². The molecule has 0 saturated carbocycles. The number of nitrogens with zero attached hydrogens (tertiary/aromatic N) is 4. The number of halogens is 1. The van der Waals surface area contributed by atoms with E-state index in [1.165, 1.54) is 5.56 Å². The highest BCUT2D eigenvalue weighted by molar-refractivity contribution is 6.30. The number of benzene rings is 2. The summed E-state index contributed by atoms with van der Waals surface area (Å²) in [5.41, 5.74) is 8.20. The molecule has 124 valence electrons. The lowest BCUT2D eigenvalue weighted by atomic mass is 10.1. The lowest BCUT2D eigenvalue weighted by Crippen LogP contribution is -2.03. The second-order valence-electron chi connectivity index (χ2n) is 5.82. The Balaban J connectivity index is 1.64. The zero-order chi connectivity index (χ0) is 17.4. The van der Waals surface area contributed by atoms with Gasteiger partial charge in [0.15, 0.2) is 5.65 Å². The molecule has 2 heterocycles. The minimum atomic E-state index is 0.337. The molecule has 25 heavy (non-hydrogen) atoms. The number of aromatic nitrogens is 4. The smallest absolute Gasteiger partial charge is 0.265 e. The predicted octanol–water partition coefficient (Wildman–Crippen LogP) is 4.30. The molecule has 0 aliphatic heterocycles. The van der Waals surface area contributed by atoms with Crippen LogP contribution in [0.5, 0.6) is 0 Å². The van der Waals surface area contributed by atoms with E-state index in [9.17, 15) is 0 Å². The van der Waals surface area contributed by atoms with E-state index >= 15 is 0 Å². The fourth-order valence-corrected chi connectivity index (χ4v) is 2.75. The molecular formula is C18H15ClN6. The molecule has 0 amide bonds. The number of fused-ring (bicyclic) bond motifs is 3. The quantitative estimate of drug-likeness (QED) is 0.426. The van der Waals surface area contributed by atoms with Crippen LogP contribution in [0.3, 0.4) is 0 Å². The van der Waals surface area contributed by atoms with Crippen molar-refractivity contribution in [3.05, 3.63) is 58.6 Å². The van der Waals surface area contributed by atoms with Gasteiger partial charge in [-0.15, -0.1) is 10.2 Å². The zero-order valence-electron chi connectivity index (χ0n) is 13.7. The van der Waals surface area contributed by atoms with E-state index in [0.29, 0.717) is 16.6 Å². The summed E-state index contributed by atoms with van der Waals surface area (Å²) in [5.74, 6) is 0.337. The van der Waals surface area contributed by atoms with Crippen LogP contribution in [0.1, 0.15) is 18.1 Å². The fraction of sp³-hybridized carbons (Fsp3) is 0.111. The SMILES string of the molecule is C/C(=N\Nc1nnc2c(n1)[nH]c1ccc(C)cc12)c1ccc(Cl)cc1. The average Bonchev–Trinajstić information content (AvgIpc) is 2.97. The van der Waals surface area contributed by atoms with Crippen LogP contribution < -0.4 is 5.43 Å². The maximum Gasteiger partial charge on any atom is 0.265 e. The van der Waals surface area contributed by atoms with Crippen LogP contribution >= 0.6 is 11.6 Å². The molecule has 0 saturated heterocycles. The maximum absolute atomic E-state index is 5.90. The van der Waals surface area contributed by atoms with Crippen molar-refractivity contribution in [3.8, 4) is 0 Å². The number of hydrogen-bond donors (Lipinski definition) is 2. The highest BCUT2D eigenvalue weighted by Crippen LogP contribution is 2.23. The number of nitrogens with one attached hydrogen (secondary N) is 2. The minimum absolute atomic E-state index is 0.337. The molecule has 6 nitrogen and oxygen atoms in total. The highest BCUT2D eigenvalue weighted by Gasteiger charge is 2.09. The Kier molecular flexibility index (Phi) is 3.82. The van der Waals surface area contributed by atoms with Gasteiger partial charge >= 0.3 is 0 Å². The second kappa shape index (κ2) is 6.14. The second-order valence-corrected chi connectivity index (χ2v) is 6.26. The molecule has 4 rings (SSSR count). The molecule has 2 aromatic heterocycles. The summed E-state index contributed by atoms with van der Waals surface area (Å²) in [5, 5.41) is 14.4. The lowest BCUT2D eigenvalue weighted by Gasteiger charge is -2.02. The van der Waals surface area contributed by atoms with Gasteiger partial charge in [-0.3, -0.25) is 0 Å². The molecule has 0 bridgehead atoms. The van der Waals surface area contributed by atoms with Gasteiger partial charge < -0.3 is 4.98 Å². The van der Waals surface area contributed by atoms with Crippen LogP contribution in [-0.4, -0.2) is 25.9 Å². The van der Waals surface area contributed by atoms with Crippen molar-refractivity contribution in [2.75, 3.05) is 5.43 Å². The van der Waals surface area contributed by atoms with Gasteiger partial charge in [0.2, 0.25) is 0 Å².